The van der Waals surface area contributed by atoms with Gasteiger partial charge in [-0.05, 0) is 20.3 Å². The van der Waals surface area contributed by atoms with Crippen molar-refractivity contribution in [2.45, 2.75) is 50.4 Å². The van der Waals surface area contributed by atoms with Gasteiger partial charge in [-0.15, -0.1) is 0 Å². The number of hydrogen-bond donors (Lipinski definition) is 2. The van der Waals surface area contributed by atoms with Crippen molar-refractivity contribution in [1.29, 1.82) is 0 Å². The molecule has 4 nitrogen and oxygen atoms in total. The summed E-state index contributed by atoms with van der Waals surface area (Å²) in [6.45, 7) is 3.68. The predicted octanol–water partition coefficient (Wildman–Crippen LogP) is -0.402. The van der Waals surface area contributed by atoms with E-state index in [9.17, 15) is 5.11 Å². The number of fused-ring (bicyclic) bond motifs is 1. The smallest absolute Gasteiger partial charge is 0.163 e. The summed E-state index contributed by atoms with van der Waals surface area (Å²) in [5.41, 5.74) is 5.77. The highest BCUT2D eigenvalue weighted by Gasteiger charge is 2.52. The average molecular weight is 173 g/mol. The maximum Gasteiger partial charge on any atom is 0.163 e. The molecule has 1 saturated heterocycles. The summed E-state index contributed by atoms with van der Waals surface area (Å²) in [5, 5.41) is 9.52. The van der Waals surface area contributed by atoms with E-state index in [4.69, 9.17) is 15.2 Å². The molecule has 2 rings (SSSR count). The van der Waals surface area contributed by atoms with Crippen LogP contribution in [0.15, 0.2) is 0 Å². The molecule has 0 aromatic carbocycles. The lowest BCUT2D eigenvalue weighted by Crippen LogP contribution is -2.35. The van der Waals surface area contributed by atoms with E-state index in [-0.39, 0.29) is 18.2 Å². The van der Waals surface area contributed by atoms with E-state index >= 15 is 0 Å². The number of hydrogen-bond acceptors (Lipinski definition) is 4. The van der Waals surface area contributed by atoms with E-state index in [0.717, 1.165) is 0 Å². The maximum atomic E-state index is 9.52. The van der Waals surface area contributed by atoms with Gasteiger partial charge in [0.05, 0.1) is 6.10 Å². The largest absolute Gasteiger partial charge is 0.390 e. The van der Waals surface area contributed by atoms with Crippen molar-refractivity contribution in [3.8, 4) is 0 Å². The second kappa shape index (κ2) is 2.42. The summed E-state index contributed by atoms with van der Waals surface area (Å²) in [6, 6.07) is -0.0909. The van der Waals surface area contributed by atoms with Gasteiger partial charge in [-0.25, -0.2) is 0 Å². The van der Waals surface area contributed by atoms with Crippen LogP contribution in [0.1, 0.15) is 20.3 Å². The van der Waals surface area contributed by atoms with Crippen molar-refractivity contribution in [3.05, 3.63) is 0 Å². The molecule has 0 aromatic rings. The average Bonchev–Trinajstić information content (AvgIpc) is 2.34. The summed E-state index contributed by atoms with van der Waals surface area (Å²) in [5.74, 6) is -0.589. The molecule has 2 aliphatic rings. The molecule has 0 bridgehead atoms. The molecule has 0 spiro atoms. The van der Waals surface area contributed by atoms with Crippen molar-refractivity contribution >= 4 is 0 Å². The van der Waals surface area contributed by atoms with E-state index in [0.29, 0.717) is 6.42 Å². The molecule has 12 heavy (non-hydrogen) atoms. The molecule has 0 radical (unpaired) electrons. The number of rotatable bonds is 0. The van der Waals surface area contributed by atoms with E-state index in [1.165, 1.54) is 0 Å². The topological polar surface area (TPSA) is 64.7 Å². The lowest BCUT2D eigenvalue weighted by Gasteiger charge is -2.20. The minimum Gasteiger partial charge on any atom is -0.390 e. The van der Waals surface area contributed by atoms with Crippen LogP contribution in [0.25, 0.3) is 0 Å². The quantitative estimate of drug-likeness (QED) is 0.523. The second-order valence-corrected chi connectivity index (χ2v) is 4.03. The van der Waals surface area contributed by atoms with Crippen LogP contribution in [-0.4, -0.2) is 35.2 Å². The molecule has 70 valence electrons. The van der Waals surface area contributed by atoms with Gasteiger partial charge in [0.2, 0.25) is 0 Å². The molecule has 3 N–H and O–H groups in total. The van der Waals surface area contributed by atoms with Crippen LogP contribution >= 0.6 is 0 Å². The van der Waals surface area contributed by atoms with Gasteiger partial charge in [-0.1, -0.05) is 0 Å². The van der Waals surface area contributed by atoms with Gasteiger partial charge in [0.25, 0.3) is 0 Å². The van der Waals surface area contributed by atoms with E-state index in [2.05, 4.69) is 0 Å². The molecule has 1 aliphatic carbocycles. The molecular weight excluding hydrogens is 158 g/mol. The first-order chi connectivity index (χ1) is 5.49. The van der Waals surface area contributed by atoms with Crippen LogP contribution in [0, 0.1) is 0 Å². The summed E-state index contributed by atoms with van der Waals surface area (Å²) < 4.78 is 11.1. The molecule has 1 saturated carbocycles. The lowest BCUT2D eigenvalue weighted by atomic mass is 10.2. The molecule has 0 aromatic heterocycles. The van der Waals surface area contributed by atoms with E-state index < -0.39 is 11.9 Å². The first-order valence-corrected chi connectivity index (χ1v) is 4.29. The highest BCUT2D eigenvalue weighted by atomic mass is 16.8. The highest BCUT2D eigenvalue weighted by molar-refractivity contribution is 5.00. The number of aliphatic hydroxyl groups is 1. The van der Waals surface area contributed by atoms with Gasteiger partial charge in [0.15, 0.2) is 5.79 Å². The molecule has 4 atom stereocenters. The molecule has 1 heterocycles. The van der Waals surface area contributed by atoms with Crippen molar-refractivity contribution in [2.24, 2.45) is 5.73 Å². The number of ether oxygens (including phenoxy) is 2. The zero-order valence-electron chi connectivity index (χ0n) is 7.36. The predicted molar refractivity (Wildman–Crippen MR) is 42.4 cm³/mol. The van der Waals surface area contributed by atoms with Crippen LogP contribution in [-0.2, 0) is 9.47 Å². The highest BCUT2D eigenvalue weighted by Crippen LogP contribution is 2.37. The summed E-state index contributed by atoms with van der Waals surface area (Å²) in [4.78, 5) is 0. The van der Waals surface area contributed by atoms with Gasteiger partial charge in [-0.2, -0.15) is 0 Å². The monoisotopic (exact) mass is 173 g/mol. The Bertz CT molecular complexity index is 177. The van der Waals surface area contributed by atoms with Gasteiger partial charge >= 0.3 is 0 Å². The van der Waals surface area contributed by atoms with Crippen LogP contribution in [0.2, 0.25) is 0 Å². The SMILES string of the molecule is CC1(C)OC2[C@H](O1)C(O)C[C@H]2N. The molecule has 0 amide bonds. The van der Waals surface area contributed by atoms with Crippen molar-refractivity contribution in [2.75, 3.05) is 0 Å². The fourth-order valence-electron chi connectivity index (χ4n) is 1.99. The normalized spacial score (nSPS) is 51.0. The number of nitrogens with two attached hydrogens (primary N) is 1. The maximum absolute atomic E-state index is 9.52. The first kappa shape index (κ1) is 8.44. The standard InChI is InChI=1S/C8H15NO3/c1-8(2)11-6-4(9)3-5(10)7(6)12-8/h4-7,10H,3,9H2,1-2H3/t4-,5?,6?,7-/m1/s1. The Morgan fingerprint density at radius 3 is 2.50 bits per heavy atom. The summed E-state index contributed by atoms with van der Waals surface area (Å²) in [7, 11) is 0. The van der Waals surface area contributed by atoms with Gasteiger partial charge in [0.1, 0.15) is 12.2 Å². The lowest BCUT2D eigenvalue weighted by molar-refractivity contribution is -0.163. The summed E-state index contributed by atoms with van der Waals surface area (Å²) in [6.07, 6.45) is -0.248. The zero-order valence-corrected chi connectivity index (χ0v) is 7.36. The van der Waals surface area contributed by atoms with Crippen molar-refractivity contribution < 1.29 is 14.6 Å². The molecule has 4 heteroatoms. The Morgan fingerprint density at radius 2 is 1.92 bits per heavy atom. The second-order valence-electron chi connectivity index (χ2n) is 4.03. The Balaban J connectivity index is 2.15. The number of aliphatic hydroxyl groups excluding tert-OH is 1. The van der Waals surface area contributed by atoms with Gasteiger partial charge in [-0.3, -0.25) is 0 Å². The van der Waals surface area contributed by atoms with Crippen LogP contribution in [0.4, 0.5) is 0 Å². The fraction of sp³-hybridized carbons (Fsp3) is 1.00. The minimum absolute atomic E-state index is 0.0909. The van der Waals surface area contributed by atoms with Gasteiger partial charge < -0.3 is 20.3 Å². The van der Waals surface area contributed by atoms with Crippen LogP contribution in [0.3, 0.4) is 0 Å². The Labute approximate surface area is 71.6 Å². The third-order valence-electron chi connectivity index (χ3n) is 2.48. The Morgan fingerprint density at radius 1 is 1.33 bits per heavy atom. The van der Waals surface area contributed by atoms with Crippen molar-refractivity contribution in [1.82, 2.24) is 0 Å². The van der Waals surface area contributed by atoms with Crippen LogP contribution in [0.5, 0.6) is 0 Å². The zero-order chi connectivity index (χ0) is 8.93. The van der Waals surface area contributed by atoms with Crippen molar-refractivity contribution in [3.63, 3.8) is 0 Å². The summed E-state index contributed by atoms with van der Waals surface area (Å²) >= 11 is 0. The third kappa shape index (κ3) is 1.15. The Kier molecular flexibility index (Phi) is 1.70. The fourth-order valence-corrected chi connectivity index (χ4v) is 1.99. The third-order valence-corrected chi connectivity index (χ3v) is 2.48. The molecule has 2 unspecified atom stereocenters. The Hall–Kier alpha value is -0.160. The molecule has 1 aliphatic heterocycles. The van der Waals surface area contributed by atoms with E-state index in [1.54, 1.807) is 0 Å². The first-order valence-electron chi connectivity index (χ1n) is 4.29. The van der Waals surface area contributed by atoms with E-state index in [1.807, 2.05) is 13.8 Å². The molecule has 2 fully saturated rings. The van der Waals surface area contributed by atoms with Crippen LogP contribution < -0.4 is 5.73 Å². The van der Waals surface area contributed by atoms with Gasteiger partial charge in [0, 0.05) is 6.04 Å². The molecular formula is C8H15NO3. The minimum atomic E-state index is -0.589.